The number of thiophene rings is 1. The molecule has 0 radical (unpaired) electrons. The van der Waals surface area contributed by atoms with Crippen LogP contribution in [-0.4, -0.2) is 16.7 Å². The molecule has 0 spiro atoms. The van der Waals surface area contributed by atoms with E-state index in [4.69, 9.17) is 17.3 Å². The number of nitrogens with zero attached hydrogens (tertiary/aromatic N) is 1. The lowest BCUT2D eigenvalue weighted by Gasteiger charge is -2.35. The molecule has 2 N–H and O–H groups in total. The molecule has 4 nitrogen and oxygen atoms in total. The van der Waals surface area contributed by atoms with Gasteiger partial charge in [0.15, 0.2) is 0 Å². The summed E-state index contributed by atoms with van der Waals surface area (Å²) in [6.07, 6.45) is 0.940. The van der Waals surface area contributed by atoms with Gasteiger partial charge in [0, 0.05) is 10.4 Å². The second-order valence-corrected chi connectivity index (χ2v) is 8.17. The van der Waals surface area contributed by atoms with Crippen LogP contribution in [0.3, 0.4) is 0 Å². The van der Waals surface area contributed by atoms with Crippen LogP contribution in [0.2, 0.25) is 5.02 Å². The fourth-order valence-electron chi connectivity index (χ4n) is 3.98. The summed E-state index contributed by atoms with van der Waals surface area (Å²) in [5.74, 6) is -1.36. The Morgan fingerprint density at radius 1 is 1.21 bits per heavy atom. The van der Waals surface area contributed by atoms with Gasteiger partial charge in [-0.25, -0.2) is 4.39 Å². The summed E-state index contributed by atoms with van der Waals surface area (Å²) >= 11 is 7.49. The lowest BCUT2D eigenvalue weighted by molar-refractivity contribution is -0.123. The molecule has 0 saturated carbocycles. The number of fused-ring (bicyclic) bond motifs is 1. The average Bonchev–Trinajstić information content (AvgIpc) is 3.36. The Hall–Kier alpha value is -2.70. The Morgan fingerprint density at radius 2 is 1.97 bits per heavy atom. The van der Waals surface area contributed by atoms with Crippen molar-refractivity contribution >= 4 is 34.8 Å². The first-order valence-electron chi connectivity index (χ1n) is 9.14. The zero-order valence-electron chi connectivity index (χ0n) is 15.3. The van der Waals surface area contributed by atoms with E-state index in [-0.39, 0.29) is 10.9 Å². The smallest absolute Gasteiger partial charge is 0.256 e. The van der Waals surface area contributed by atoms with E-state index in [1.54, 1.807) is 47.2 Å². The molecule has 1 heterocycles. The molecule has 1 aliphatic carbocycles. The van der Waals surface area contributed by atoms with Gasteiger partial charge in [-0.1, -0.05) is 41.9 Å². The minimum atomic E-state index is -0.985. The highest BCUT2D eigenvalue weighted by Crippen LogP contribution is 2.43. The number of hydrogen-bond acceptors (Lipinski definition) is 3. The molecule has 7 heteroatoms. The van der Waals surface area contributed by atoms with Crippen molar-refractivity contribution in [3.05, 3.63) is 92.4 Å². The summed E-state index contributed by atoms with van der Waals surface area (Å²) in [5, 5.41) is 3.78. The first kappa shape index (κ1) is 19.6. The zero-order chi connectivity index (χ0) is 20.5. The van der Waals surface area contributed by atoms with Gasteiger partial charge < -0.3 is 10.6 Å². The van der Waals surface area contributed by atoms with Crippen LogP contribution in [0.5, 0.6) is 0 Å². The Bertz CT molecular complexity index is 1060. The van der Waals surface area contributed by atoms with Gasteiger partial charge in [-0.3, -0.25) is 9.59 Å². The van der Waals surface area contributed by atoms with E-state index in [0.717, 1.165) is 0 Å². The highest BCUT2D eigenvalue weighted by molar-refractivity contribution is 7.08. The van der Waals surface area contributed by atoms with Crippen molar-refractivity contribution in [2.24, 2.45) is 5.73 Å². The average molecular weight is 429 g/mol. The van der Waals surface area contributed by atoms with Crippen LogP contribution in [-0.2, 0) is 11.2 Å². The van der Waals surface area contributed by atoms with Crippen molar-refractivity contribution in [1.82, 2.24) is 4.90 Å². The Balaban J connectivity index is 1.87. The molecule has 2 aromatic carbocycles. The molecule has 2 amide bonds. The molecule has 3 aromatic rings. The third-order valence-corrected chi connectivity index (χ3v) is 6.12. The summed E-state index contributed by atoms with van der Waals surface area (Å²) in [6, 6.07) is 12.1. The summed E-state index contributed by atoms with van der Waals surface area (Å²) in [7, 11) is 0. The quantitative estimate of drug-likeness (QED) is 0.628. The van der Waals surface area contributed by atoms with E-state index >= 15 is 0 Å². The first-order valence-corrected chi connectivity index (χ1v) is 10.5. The van der Waals surface area contributed by atoms with E-state index in [0.29, 0.717) is 35.1 Å². The molecule has 0 saturated heterocycles. The maximum atomic E-state index is 14.5. The van der Waals surface area contributed by atoms with Gasteiger partial charge in [0.25, 0.3) is 5.91 Å². The van der Waals surface area contributed by atoms with Gasteiger partial charge >= 0.3 is 0 Å². The lowest BCUT2D eigenvalue weighted by atomic mass is 9.98. The SMILES string of the molecule is NC(=O)C(c1ccccc1)N(C(=O)c1ccsc1)[C@@H]1CCc2c(F)cc(Cl)cc21. The molecule has 1 aromatic heterocycles. The molecule has 0 aliphatic heterocycles. The molecule has 29 heavy (non-hydrogen) atoms. The van der Waals surface area contributed by atoms with Gasteiger partial charge in [0.05, 0.1) is 11.6 Å². The Morgan fingerprint density at radius 3 is 2.62 bits per heavy atom. The van der Waals surface area contributed by atoms with Crippen molar-refractivity contribution in [1.29, 1.82) is 0 Å². The van der Waals surface area contributed by atoms with Crippen LogP contribution in [0, 0.1) is 5.82 Å². The highest BCUT2D eigenvalue weighted by atomic mass is 35.5. The molecule has 1 unspecified atom stereocenters. The molecule has 2 atom stereocenters. The van der Waals surface area contributed by atoms with Gasteiger partial charge in [0.1, 0.15) is 11.9 Å². The standard InChI is InChI=1S/C22H18ClFN2O2S/c23-15-10-17-16(18(24)11-15)6-7-19(17)26(22(28)14-8-9-29-12-14)20(21(25)27)13-4-2-1-3-5-13/h1-5,8-12,19-20H,6-7H2,(H2,25,27)/t19-,20?/m1/s1. The molecule has 1 aliphatic rings. The third kappa shape index (κ3) is 3.66. The van der Waals surface area contributed by atoms with E-state index < -0.39 is 23.8 Å². The molecule has 4 rings (SSSR count). The minimum absolute atomic E-state index is 0.256. The monoisotopic (exact) mass is 428 g/mol. The number of hydrogen-bond donors (Lipinski definition) is 1. The molecular formula is C22H18ClFN2O2S. The fourth-order valence-corrected chi connectivity index (χ4v) is 4.82. The number of rotatable bonds is 5. The van der Waals surface area contributed by atoms with E-state index in [9.17, 15) is 14.0 Å². The number of nitrogens with two attached hydrogens (primary N) is 1. The van der Waals surface area contributed by atoms with Crippen LogP contribution < -0.4 is 5.73 Å². The molecule has 148 valence electrons. The fraction of sp³-hybridized carbons (Fsp3) is 0.182. The van der Waals surface area contributed by atoms with E-state index in [2.05, 4.69) is 0 Å². The summed E-state index contributed by atoms with van der Waals surface area (Å²) in [6.45, 7) is 0. The van der Waals surface area contributed by atoms with Crippen molar-refractivity contribution in [3.8, 4) is 0 Å². The normalized spacial score (nSPS) is 16.3. The molecule has 0 fully saturated rings. The molecular weight excluding hydrogens is 411 g/mol. The Labute approximate surface area is 176 Å². The first-order chi connectivity index (χ1) is 14.0. The van der Waals surface area contributed by atoms with Crippen LogP contribution in [0.4, 0.5) is 4.39 Å². The minimum Gasteiger partial charge on any atom is -0.368 e. The summed E-state index contributed by atoms with van der Waals surface area (Å²) in [5.41, 5.74) is 8.01. The predicted octanol–water partition coefficient (Wildman–Crippen LogP) is 4.90. The number of benzene rings is 2. The van der Waals surface area contributed by atoms with Crippen LogP contribution in [0.15, 0.2) is 59.3 Å². The number of primary amides is 1. The van der Waals surface area contributed by atoms with Gasteiger partial charge in [-0.2, -0.15) is 11.3 Å². The number of halogens is 2. The number of carbonyl (C=O) groups is 2. The predicted molar refractivity (Wildman–Crippen MR) is 111 cm³/mol. The maximum absolute atomic E-state index is 14.5. The zero-order valence-corrected chi connectivity index (χ0v) is 16.9. The van der Waals surface area contributed by atoms with Crippen molar-refractivity contribution < 1.29 is 14.0 Å². The van der Waals surface area contributed by atoms with Gasteiger partial charge in [0.2, 0.25) is 5.91 Å². The lowest BCUT2D eigenvalue weighted by Crippen LogP contribution is -2.43. The largest absolute Gasteiger partial charge is 0.368 e. The Kier molecular flexibility index (Phi) is 5.39. The van der Waals surface area contributed by atoms with Crippen LogP contribution in [0.25, 0.3) is 0 Å². The summed E-state index contributed by atoms with van der Waals surface area (Å²) < 4.78 is 14.5. The third-order valence-electron chi connectivity index (χ3n) is 5.22. The number of amides is 2. The van der Waals surface area contributed by atoms with E-state index in [1.165, 1.54) is 22.3 Å². The second-order valence-electron chi connectivity index (χ2n) is 6.95. The van der Waals surface area contributed by atoms with E-state index in [1.807, 2.05) is 6.07 Å². The van der Waals surface area contributed by atoms with Gasteiger partial charge in [-0.05, 0) is 53.1 Å². The van der Waals surface area contributed by atoms with Crippen molar-refractivity contribution in [2.45, 2.75) is 24.9 Å². The molecule has 0 bridgehead atoms. The highest BCUT2D eigenvalue weighted by Gasteiger charge is 2.40. The maximum Gasteiger partial charge on any atom is 0.256 e. The summed E-state index contributed by atoms with van der Waals surface area (Å²) in [4.78, 5) is 27.5. The second kappa shape index (κ2) is 7.97. The van der Waals surface area contributed by atoms with Crippen LogP contribution >= 0.6 is 22.9 Å². The number of carbonyl (C=O) groups excluding carboxylic acids is 2. The topological polar surface area (TPSA) is 63.4 Å². The van der Waals surface area contributed by atoms with Crippen LogP contribution in [0.1, 0.15) is 45.6 Å². The van der Waals surface area contributed by atoms with Crippen molar-refractivity contribution in [2.75, 3.05) is 0 Å². The van der Waals surface area contributed by atoms with Crippen molar-refractivity contribution in [3.63, 3.8) is 0 Å². The van der Waals surface area contributed by atoms with Gasteiger partial charge in [-0.15, -0.1) is 0 Å².